The smallest absolute Gasteiger partial charge is 0.223 e. The molecular weight excluding hydrogens is 312 g/mol. The number of nitrogen functional groups attached to an aromatic ring is 1. The molecule has 0 radical (unpaired) electrons. The quantitative estimate of drug-likeness (QED) is 0.754. The van der Waals surface area contributed by atoms with Gasteiger partial charge in [-0.2, -0.15) is 4.98 Å². The maximum absolute atomic E-state index is 5.70. The molecule has 3 N–H and O–H groups in total. The van der Waals surface area contributed by atoms with Crippen LogP contribution in [0.15, 0.2) is 40.2 Å². The number of halogens is 1. The van der Waals surface area contributed by atoms with Crippen LogP contribution in [0.1, 0.15) is 0 Å². The molecule has 4 nitrogen and oxygen atoms in total. The van der Waals surface area contributed by atoms with Crippen molar-refractivity contribution in [1.29, 1.82) is 0 Å². The van der Waals surface area contributed by atoms with Gasteiger partial charge in [-0.15, -0.1) is 11.3 Å². The molecule has 0 amide bonds. The Labute approximate surface area is 116 Å². The molecule has 6 heteroatoms. The number of hydrogen-bond acceptors (Lipinski definition) is 5. The van der Waals surface area contributed by atoms with E-state index in [0.29, 0.717) is 0 Å². The van der Waals surface area contributed by atoms with E-state index < -0.39 is 0 Å². The highest BCUT2D eigenvalue weighted by atomic mass is 79.9. The average molecular weight is 321 g/mol. The van der Waals surface area contributed by atoms with Crippen molar-refractivity contribution in [3.63, 3.8) is 0 Å². The van der Waals surface area contributed by atoms with Gasteiger partial charge in [-0.25, -0.2) is 4.98 Å². The van der Waals surface area contributed by atoms with Crippen LogP contribution in [0.4, 0.5) is 17.5 Å². The summed E-state index contributed by atoms with van der Waals surface area (Å²) in [6, 6.07) is 9.87. The number of anilines is 3. The highest BCUT2D eigenvalue weighted by molar-refractivity contribution is 9.10. The Kier molecular flexibility index (Phi) is 2.89. The number of aromatic nitrogens is 2. The number of fused-ring (bicyclic) bond motifs is 1. The van der Waals surface area contributed by atoms with Crippen molar-refractivity contribution in [3.8, 4) is 0 Å². The number of benzene rings is 1. The molecule has 3 aromatic rings. The van der Waals surface area contributed by atoms with E-state index in [1.54, 1.807) is 11.3 Å². The maximum atomic E-state index is 5.70. The Morgan fingerprint density at radius 3 is 2.67 bits per heavy atom. The van der Waals surface area contributed by atoms with Gasteiger partial charge in [-0.3, -0.25) is 0 Å². The molecule has 0 aliphatic rings. The first kappa shape index (κ1) is 11.4. The van der Waals surface area contributed by atoms with E-state index in [0.717, 1.165) is 26.2 Å². The van der Waals surface area contributed by atoms with Crippen molar-refractivity contribution in [1.82, 2.24) is 9.97 Å². The first-order valence-corrected chi connectivity index (χ1v) is 6.93. The molecule has 0 saturated heterocycles. The molecule has 90 valence electrons. The van der Waals surface area contributed by atoms with Crippen LogP contribution in [0.3, 0.4) is 0 Å². The van der Waals surface area contributed by atoms with Crippen molar-refractivity contribution in [3.05, 3.63) is 40.2 Å². The van der Waals surface area contributed by atoms with Gasteiger partial charge in [-0.1, -0.05) is 15.9 Å². The lowest BCUT2D eigenvalue weighted by Crippen LogP contribution is -1.99. The summed E-state index contributed by atoms with van der Waals surface area (Å²) in [6.07, 6.45) is 0. The van der Waals surface area contributed by atoms with E-state index in [1.807, 2.05) is 35.7 Å². The molecule has 0 aliphatic heterocycles. The van der Waals surface area contributed by atoms with Crippen LogP contribution in [0.2, 0.25) is 0 Å². The zero-order valence-corrected chi connectivity index (χ0v) is 11.6. The second-order valence-corrected chi connectivity index (χ2v) is 5.51. The molecule has 18 heavy (non-hydrogen) atoms. The topological polar surface area (TPSA) is 63.8 Å². The molecule has 2 heterocycles. The fraction of sp³-hybridized carbons (Fsp3) is 0. The van der Waals surface area contributed by atoms with Gasteiger partial charge in [-0.05, 0) is 35.7 Å². The normalized spacial score (nSPS) is 10.7. The Hall–Kier alpha value is -1.66. The van der Waals surface area contributed by atoms with Crippen LogP contribution in [-0.4, -0.2) is 9.97 Å². The Morgan fingerprint density at radius 1 is 1.11 bits per heavy atom. The Morgan fingerprint density at radius 2 is 1.89 bits per heavy atom. The molecule has 2 aromatic heterocycles. The van der Waals surface area contributed by atoms with E-state index in [1.165, 1.54) is 0 Å². The van der Waals surface area contributed by atoms with E-state index in [9.17, 15) is 0 Å². The molecule has 0 bridgehead atoms. The fourth-order valence-corrected chi connectivity index (χ4v) is 2.67. The molecule has 0 fully saturated rings. The van der Waals surface area contributed by atoms with Gasteiger partial charge in [0.1, 0.15) is 10.6 Å². The van der Waals surface area contributed by atoms with Gasteiger partial charge in [0.25, 0.3) is 0 Å². The third kappa shape index (κ3) is 2.16. The van der Waals surface area contributed by atoms with Crippen LogP contribution in [0.5, 0.6) is 0 Å². The van der Waals surface area contributed by atoms with Gasteiger partial charge >= 0.3 is 0 Å². The van der Waals surface area contributed by atoms with Crippen LogP contribution >= 0.6 is 27.3 Å². The highest BCUT2D eigenvalue weighted by Crippen LogP contribution is 2.28. The number of thiophene rings is 1. The molecule has 0 saturated carbocycles. The number of nitrogens with two attached hydrogens (primary N) is 1. The van der Waals surface area contributed by atoms with Crippen molar-refractivity contribution in [2.45, 2.75) is 0 Å². The van der Waals surface area contributed by atoms with E-state index in [4.69, 9.17) is 5.73 Å². The second kappa shape index (κ2) is 4.55. The number of nitrogens with one attached hydrogen (secondary N) is 1. The zero-order valence-electron chi connectivity index (χ0n) is 9.22. The van der Waals surface area contributed by atoms with Crippen LogP contribution in [0.25, 0.3) is 10.2 Å². The summed E-state index contributed by atoms with van der Waals surface area (Å²) in [4.78, 5) is 9.32. The minimum absolute atomic E-state index is 0.282. The number of nitrogens with zero attached hydrogens (tertiary/aromatic N) is 2. The Bertz CT molecular complexity index is 693. The molecule has 3 rings (SSSR count). The van der Waals surface area contributed by atoms with Gasteiger partial charge in [0, 0.05) is 10.2 Å². The summed E-state index contributed by atoms with van der Waals surface area (Å²) in [5, 5.41) is 6.22. The molecule has 0 atom stereocenters. The second-order valence-electron chi connectivity index (χ2n) is 3.70. The third-order valence-corrected chi connectivity index (χ3v) is 3.78. The first-order chi connectivity index (χ1) is 8.72. The SMILES string of the molecule is Nc1nc(Nc2ccc(Br)cc2)c2ccsc2n1. The third-order valence-electron chi connectivity index (χ3n) is 2.45. The van der Waals surface area contributed by atoms with Gasteiger partial charge in [0.15, 0.2) is 0 Å². The van der Waals surface area contributed by atoms with Gasteiger partial charge < -0.3 is 11.1 Å². The lowest BCUT2D eigenvalue weighted by Gasteiger charge is -2.07. The summed E-state index contributed by atoms with van der Waals surface area (Å²) in [5.74, 6) is 1.02. The predicted octanol–water partition coefficient (Wildman–Crippen LogP) is 3.78. The van der Waals surface area contributed by atoms with Crippen LogP contribution < -0.4 is 11.1 Å². The van der Waals surface area contributed by atoms with Crippen molar-refractivity contribution >= 4 is 54.9 Å². The Balaban J connectivity index is 2.03. The largest absolute Gasteiger partial charge is 0.368 e. The number of hydrogen-bond donors (Lipinski definition) is 2. The molecule has 0 spiro atoms. The van der Waals surface area contributed by atoms with E-state index in [2.05, 4.69) is 31.2 Å². The molecule has 1 aromatic carbocycles. The predicted molar refractivity (Wildman–Crippen MR) is 79.3 cm³/mol. The van der Waals surface area contributed by atoms with Crippen molar-refractivity contribution < 1.29 is 0 Å². The minimum atomic E-state index is 0.282. The molecular formula is C12H9BrN4S. The summed E-state index contributed by atoms with van der Waals surface area (Å²) in [7, 11) is 0. The van der Waals surface area contributed by atoms with E-state index in [-0.39, 0.29) is 5.95 Å². The summed E-state index contributed by atoms with van der Waals surface area (Å²) in [5.41, 5.74) is 6.66. The van der Waals surface area contributed by atoms with Crippen molar-refractivity contribution in [2.24, 2.45) is 0 Å². The van der Waals surface area contributed by atoms with Crippen molar-refractivity contribution in [2.75, 3.05) is 11.1 Å². The van der Waals surface area contributed by atoms with Crippen LogP contribution in [-0.2, 0) is 0 Å². The maximum Gasteiger partial charge on any atom is 0.223 e. The first-order valence-electron chi connectivity index (χ1n) is 5.26. The monoisotopic (exact) mass is 320 g/mol. The van der Waals surface area contributed by atoms with Crippen LogP contribution in [0, 0.1) is 0 Å². The molecule has 0 aliphatic carbocycles. The van der Waals surface area contributed by atoms with Gasteiger partial charge in [0.05, 0.1) is 5.39 Å². The zero-order chi connectivity index (χ0) is 12.5. The standard InChI is InChI=1S/C12H9BrN4S/c13-7-1-3-8(4-2-7)15-10-9-5-6-18-11(9)17-12(14)16-10/h1-6H,(H3,14,15,16,17). The average Bonchev–Trinajstić information content (AvgIpc) is 2.80. The number of rotatable bonds is 2. The fourth-order valence-electron chi connectivity index (χ4n) is 1.64. The lowest BCUT2D eigenvalue weighted by molar-refractivity contribution is 1.24. The lowest BCUT2D eigenvalue weighted by atomic mass is 10.3. The summed E-state index contributed by atoms with van der Waals surface area (Å²) < 4.78 is 1.04. The molecule has 0 unspecified atom stereocenters. The highest BCUT2D eigenvalue weighted by Gasteiger charge is 2.07. The van der Waals surface area contributed by atoms with E-state index >= 15 is 0 Å². The summed E-state index contributed by atoms with van der Waals surface area (Å²) in [6.45, 7) is 0. The minimum Gasteiger partial charge on any atom is -0.368 e. The summed E-state index contributed by atoms with van der Waals surface area (Å²) >= 11 is 4.95. The van der Waals surface area contributed by atoms with Gasteiger partial charge in [0.2, 0.25) is 5.95 Å².